The maximum atomic E-state index is 13.5. The number of benzene rings is 1. The van der Waals surface area contributed by atoms with Gasteiger partial charge in [0.05, 0.1) is 11.6 Å². The van der Waals surface area contributed by atoms with Crippen LogP contribution in [0, 0.1) is 17.5 Å². The van der Waals surface area contributed by atoms with Gasteiger partial charge in [-0.15, -0.1) is 0 Å². The van der Waals surface area contributed by atoms with Crippen LogP contribution in [0.25, 0.3) is 5.69 Å². The Balaban J connectivity index is 2.24. The molecule has 0 aliphatic carbocycles. The van der Waals surface area contributed by atoms with Gasteiger partial charge in [-0.1, -0.05) is 0 Å². The SMILES string of the molecule is CN1N=CC(c2nn(C)c(=O)n(-c3cc(F)c(F)c(F)c3)c2=O)CC1=O. The van der Waals surface area contributed by atoms with Crippen molar-refractivity contribution in [3.05, 3.63) is 56.1 Å². The smallest absolute Gasteiger partial charge is 0.273 e. The Labute approximate surface area is 143 Å². The highest BCUT2D eigenvalue weighted by Gasteiger charge is 2.27. The molecule has 1 aromatic carbocycles. The van der Waals surface area contributed by atoms with Gasteiger partial charge in [0, 0.05) is 38.9 Å². The molecule has 1 aliphatic rings. The largest absolute Gasteiger partial charge is 0.351 e. The van der Waals surface area contributed by atoms with Crippen molar-refractivity contribution in [1.29, 1.82) is 0 Å². The van der Waals surface area contributed by atoms with Crippen LogP contribution in [-0.2, 0) is 11.8 Å². The predicted molar refractivity (Wildman–Crippen MR) is 83.6 cm³/mol. The summed E-state index contributed by atoms with van der Waals surface area (Å²) in [6.07, 6.45) is 1.19. The van der Waals surface area contributed by atoms with Crippen molar-refractivity contribution in [3.63, 3.8) is 0 Å². The van der Waals surface area contributed by atoms with Crippen LogP contribution in [0.4, 0.5) is 13.2 Å². The topological polar surface area (TPSA) is 89.6 Å². The average Bonchev–Trinajstić information content (AvgIpc) is 2.58. The Morgan fingerprint density at radius 3 is 2.27 bits per heavy atom. The maximum absolute atomic E-state index is 13.5. The molecule has 8 nitrogen and oxygen atoms in total. The lowest BCUT2D eigenvalue weighted by Gasteiger charge is -2.21. The van der Waals surface area contributed by atoms with Crippen molar-refractivity contribution in [2.24, 2.45) is 12.1 Å². The van der Waals surface area contributed by atoms with Crippen LogP contribution >= 0.6 is 0 Å². The monoisotopic (exact) mass is 367 g/mol. The summed E-state index contributed by atoms with van der Waals surface area (Å²) in [5.41, 5.74) is -2.66. The van der Waals surface area contributed by atoms with E-state index in [1.54, 1.807) is 0 Å². The van der Waals surface area contributed by atoms with E-state index in [9.17, 15) is 27.6 Å². The summed E-state index contributed by atoms with van der Waals surface area (Å²) in [6, 6.07) is 1.05. The van der Waals surface area contributed by atoms with Crippen molar-refractivity contribution < 1.29 is 18.0 Å². The Morgan fingerprint density at radius 1 is 1.08 bits per heavy atom. The highest BCUT2D eigenvalue weighted by Crippen LogP contribution is 2.19. The lowest BCUT2D eigenvalue weighted by molar-refractivity contribution is -0.130. The Morgan fingerprint density at radius 2 is 1.69 bits per heavy atom. The number of carbonyl (C=O) groups is 1. The fourth-order valence-corrected chi connectivity index (χ4v) is 2.51. The number of hydrazone groups is 1. The predicted octanol–water partition coefficient (Wildman–Crippen LogP) is 0.280. The molecule has 1 aliphatic heterocycles. The first kappa shape index (κ1) is 17.6. The minimum Gasteiger partial charge on any atom is -0.273 e. The number of carbonyl (C=O) groups excluding carboxylic acids is 1. The summed E-state index contributed by atoms with van der Waals surface area (Å²) in [5.74, 6) is -6.02. The summed E-state index contributed by atoms with van der Waals surface area (Å²) in [5, 5.41) is 8.75. The molecule has 0 saturated carbocycles. The molecule has 136 valence electrons. The van der Waals surface area contributed by atoms with Gasteiger partial charge in [-0.2, -0.15) is 10.2 Å². The highest BCUT2D eigenvalue weighted by atomic mass is 19.2. The molecular formula is C15H12F3N5O3. The van der Waals surface area contributed by atoms with Crippen molar-refractivity contribution in [1.82, 2.24) is 19.4 Å². The quantitative estimate of drug-likeness (QED) is 0.713. The molecule has 3 rings (SSSR count). The third kappa shape index (κ3) is 2.80. The first-order chi connectivity index (χ1) is 12.2. The number of hydrogen-bond donors (Lipinski definition) is 0. The number of hydrogen-bond acceptors (Lipinski definition) is 5. The Kier molecular flexibility index (Phi) is 4.22. The Hall–Kier alpha value is -3.24. The van der Waals surface area contributed by atoms with E-state index >= 15 is 0 Å². The number of aryl methyl sites for hydroxylation is 1. The van der Waals surface area contributed by atoms with Gasteiger partial charge >= 0.3 is 5.69 Å². The summed E-state index contributed by atoms with van der Waals surface area (Å²) in [7, 11) is 2.66. The zero-order valence-electron chi connectivity index (χ0n) is 13.6. The number of rotatable bonds is 2. The molecule has 1 unspecified atom stereocenters. The maximum Gasteiger partial charge on any atom is 0.351 e. The fourth-order valence-electron chi connectivity index (χ4n) is 2.51. The van der Waals surface area contributed by atoms with Crippen molar-refractivity contribution in [2.75, 3.05) is 7.05 Å². The minimum atomic E-state index is -1.72. The van der Waals surface area contributed by atoms with Crippen LogP contribution in [0.5, 0.6) is 0 Å². The van der Waals surface area contributed by atoms with E-state index in [-0.39, 0.29) is 18.0 Å². The lowest BCUT2D eigenvalue weighted by Crippen LogP contribution is -2.43. The van der Waals surface area contributed by atoms with Gasteiger partial charge in [-0.05, 0) is 0 Å². The standard InChI is InChI=1S/C15H12F3N5O3/c1-21-11(24)3-7(6-19-21)13-14(25)23(15(26)22(2)20-13)8-4-9(16)12(18)10(17)5-8/h4-7H,3H2,1-2H3. The van der Waals surface area contributed by atoms with Crippen molar-refractivity contribution in [3.8, 4) is 5.69 Å². The molecule has 1 amide bonds. The summed E-state index contributed by atoms with van der Waals surface area (Å²) < 4.78 is 41.4. The molecule has 2 heterocycles. The van der Waals surface area contributed by atoms with Crippen LogP contribution in [0.3, 0.4) is 0 Å². The first-order valence-electron chi connectivity index (χ1n) is 7.36. The second-order valence-corrected chi connectivity index (χ2v) is 5.65. The van der Waals surface area contributed by atoms with E-state index in [0.29, 0.717) is 16.7 Å². The molecule has 26 heavy (non-hydrogen) atoms. The van der Waals surface area contributed by atoms with Crippen LogP contribution in [0.1, 0.15) is 18.0 Å². The number of amides is 1. The van der Waals surface area contributed by atoms with Gasteiger partial charge in [-0.3, -0.25) is 9.59 Å². The van der Waals surface area contributed by atoms with Gasteiger partial charge in [0.25, 0.3) is 5.56 Å². The molecule has 0 N–H and O–H groups in total. The number of nitrogens with zero attached hydrogens (tertiary/aromatic N) is 5. The van der Waals surface area contributed by atoms with E-state index in [1.807, 2.05) is 0 Å². The third-order valence-electron chi connectivity index (χ3n) is 3.90. The first-order valence-corrected chi connectivity index (χ1v) is 7.36. The molecule has 0 spiro atoms. The Bertz CT molecular complexity index is 1040. The van der Waals surface area contributed by atoms with Crippen LogP contribution in [-0.4, -0.2) is 38.5 Å². The molecule has 2 aromatic rings. The molecular weight excluding hydrogens is 355 g/mol. The second-order valence-electron chi connectivity index (χ2n) is 5.65. The molecule has 1 atom stereocenters. The zero-order chi connectivity index (χ0) is 19.2. The van der Waals surface area contributed by atoms with Crippen molar-refractivity contribution >= 4 is 12.1 Å². The van der Waals surface area contributed by atoms with E-state index in [0.717, 1.165) is 9.69 Å². The van der Waals surface area contributed by atoms with E-state index < -0.39 is 40.3 Å². The number of halogens is 3. The third-order valence-corrected chi connectivity index (χ3v) is 3.90. The normalized spacial score (nSPS) is 17.0. The van der Waals surface area contributed by atoms with Crippen LogP contribution < -0.4 is 11.2 Å². The molecule has 0 bridgehead atoms. The molecule has 11 heteroatoms. The average molecular weight is 367 g/mol. The van der Waals surface area contributed by atoms with Gasteiger partial charge in [-0.25, -0.2) is 32.2 Å². The molecule has 0 fully saturated rings. The molecule has 1 aromatic heterocycles. The summed E-state index contributed by atoms with van der Waals surface area (Å²) in [6.45, 7) is 0. The summed E-state index contributed by atoms with van der Waals surface area (Å²) in [4.78, 5) is 36.8. The summed E-state index contributed by atoms with van der Waals surface area (Å²) >= 11 is 0. The lowest BCUT2D eigenvalue weighted by atomic mass is 10.0. The minimum absolute atomic E-state index is 0.118. The second kappa shape index (κ2) is 6.24. The van der Waals surface area contributed by atoms with E-state index in [1.165, 1.54) is 20.3 Å². The number of aromatic nitrogens is 3. The fraction of sp³-hybridized carbons (Fsp3) is 0.267. The van der Waals surface area contributed by atoms with Crippen molar-refractivity contribution in [2.45, 2.75) is 12.3 Å². The molecule has 0 radical (unpaired) electrons. The van der Waals surface area contributed by atoms with Gasteiger partial charge in [0.1, 0.15) is 5.69 Å². The van der Waals surface area contributed by atoms with E-state index in [4.69, 9.17) is 0 Å². The highest BCUT2D eigenvalue weighted by molar-refractivity contribution is 5.85. The van der Waals surface area contributed by atoms with Gasteiger partial charge < -0.3 is 0 Å². The van der Waals surface area contributed by atoms with Gasteiger partial charge in [0.2, 0.25) is 5.91 Å². The van der Waals surface area contributed by atoms with Crippen LogP contribution in [0.15, 0.2) is 26.8 Å². The van der Waals surface area contributed by atoms with Crippen LogP contribution in [0.2, 0.25) is 0 Å². The van der Waals surface area contributed by atoms with Gasteiger partial charge in [0.15, 0.2) is 17.5 Å². The van der Waals surface area contributed by atoms with E-state index in [2.05, 4.69) is 10.2 Å². The zero-order valence-corrected chi connectivity index (χ0v) is 13.6. The molecule has 0 saturated heterocycles.